The predicted molar refractivity (Wildman–Crippen MR) is 69.8 cm³/mol. The smallest absolute Gasteiger partial charge is 0.336 e. The number of rotatable bonds is 4. The van der Waals surface area contributed by atoms with Crippen LogP contribution in [-0.4, -0.2) is 11.8 Å². The molecule has 0 unspecified atom stereocenters. The number of ether oxygens (including phenoxy) is 1. The summed E-state index contributed by atoms with van der Waals surface area (Å²) in [6, 6.07) is 10.0. The number of ketones is 1. The van der Waals surface area contributed by atoms with Gasteiger partial charge in [-0.15, -0.1) is 0 Å². The first-order valence-electron chi connectivity index (χ1n) is 5.70. The highest BCUT2D eigenvalue weighted by Crippen LogP contribution is 2.18. The minimum absolute atomic E-state index is 0.154. The lowest BCUT2D eigenvalue weighted by Crippen LogP contribution is -2.07. The third-order valence-electron chi connectivity index (χ3n) is 2.40. The number of benzene rings is 1. The van der Waals surface area contributed by atoms with E-state index in [1.54, 1.807) is 36.4 Å². The van der Waals surface area contributed by atoms with E-state index in [-0.39, 0.29) is 11.5 Å². The van der Waals surface area contributed by atoms with Crippen molar-refractivity contribution >= 4 is 17.8 Å². The molecule has 1 aromatic heterocycles. The maximum absolute atomic E-state index is 11.6. The van der Waals surface area contributed by atoms with Gasteiger partial charge in [0.05, 0.1) is 11.8 Å². The van der Waals surface area contributed by atoms with Crippen molar-refractivity contribution in [1.29, 1.82) is 0 Å². The van der Waals surface area contributed by atoms with E-state index in [0.717, 1.165) is 0 Å². The lowest BCUT2D eigenvalue weighted by Gasteiger charge is -2.05. The van der Waals surface area contributed by atoms with Crippen LogP contribution in [0.25, 0.3) is 6.08 Å². The summed E-state index contributed by atoms with van der Waals surface area (Å²) in [5, 5.41) is 0. The third-order valence-corrected chi connectivity index (χ3v) is 2.40. The van der Waals surface area contributed by atoms with Gasteiger partial charge in [0.1, 0.15) is 11.5 Å². The maximum atomic E-state index is 11.6. The Morgan fingerprint density at radius 3 is 2.63 bits per heavy atom. The Balaban J connectivity index is 2.09. The largest absolute Gasteiger partial charge is 0.465 e. The van der Waals surface area contributed by atoms with Gasteiger partial charge in [0.25, 0.3) is 0 Å². The average Bonchev–Trinajstić information content (AvgIpc) is 2.90. The Morgan fingerprint density at radius 1 is 1.16 bits per heavy atom. The molecule has 2 rings (SSSR count). The Morgan fingerprint density at radius 2 is 1.95 bits per heavy atom. The molecule has 2 aromatic rings. The van der Waals surface area contributed by atoms with Crippen LogP contribution in [0.5, 0.6) is 5.75 Å². The molecule has 1 heterocycles. The number of hydrogen-bond acceptors (Lipinski definition) is 4. The molecule has 96 valence electrons. The monoisotopic (exact) mass is 256 g/mol. The van der Waals surface area contributed by atoms with E-state index in [4.69, 9.17) is 9.15 Å². The van der Waals surface area contributed by atoms with Crippen LogP contribution in [0.4, 0.5) is 0 Å². The summed E-state index contributed by atoms with van der Waals surface area (Å²) in [4.78, 5) is 23.0. The zero-order valence-corrected chi connectivity index (χ0v) is 10.3. The summed E-state index contributed by atoms with van der Waals surface area (Å²) in [7, 11) is 0. The van der Waals surface area contributed by atoms with Crippen LogP contribution in [0.15, 0.2) is 53.2 Å². The number of hydrogen-bond donors (Lipinski definition) is 0. The van der Waals surface area contributed by atoms with Crippen molar-refractivity contribution in [2.75, 3.05) is 0 Å². The highest BCUT2D eigenvalue weighted by atomic mass is 16.5. The van der Waals surface area contributed by atoms with Gasteiger partial charge >= 0.3 is 5.97 Å². The molecule has 4 nitrogen and oxygen atoms in total. The highest BCUT2D eigenvalue weighted by molar-refractivity contribution is 5.98. The van der Waals surface area contributed by atoms with Crippen LogP contribution in [0.1, 0.15) is 23.0 Å². The number of esters is 1. The topological polar surface area (TPSA) is 56.5 Å². The number of Topliss-reactive ketones (excluding diaryl/α,β-unsaturated/α-hetero) is 1. The van der Waals surface area contributed by atoms with Crippen molar-refractivity contribution in [1.82, 2.24) is 0 Å². The van der Waals surface area contributed by atoms with E-state index < -0.39 is 5.97 Å². The van der Waals surface area contributed by atoms with Crippen LogP contribution >= 0.6 is 0 Å². The summed E-state index contributed by atoms with van der Waals surface area (Å²) in [5.41, 5.74) is 0.377. The van der Waals surface area contributed by atoms with Crippen molar-refractivity contribution in [3.8, 4) is 5.75 Å². The van der Waals surface area contributed by atoms with E-state index in [1.807, 2.05) is 0 Å². The van der Waals surface area contributed by atoms with Gasteiger partial charge in [0, 0.05) is 6.08 Å². The standard InChI is InChI=1S/C15H12O4/c1-11(16)13-6-2-3-7-14(13)19-15(17)9-8-12-5-4-10-18-12/h2-10H,1H3/b9-8+. The summed E-state index contributed by atoms with van der Waals surface area (Å²) in [6.07, 6.45) is 4.25. The third kappa shape index (κ3) is 3.42. The van der Waals surface area contributed by atoms with Crippen molar-refractivity contribution in [2.45, 2.75) is 6.92 Å². The second-order valence-corrected chi connectivity index (χ2v) is 3.82. The van der Waals surface area contributed by atoms with Crippen LogP contribution in [0.3, 0.4) is 0 Å². The minimum atomic E-state index is -0.565. The summed E-state index contributed by atoms with van der Waals surface area (Å²) >= 11 is 0. The fraction of sp³-hybridized carbons (Fsp3) is 0.0667. The lowest BCUT2D eigenvalue weighted by molar-refractivity contribution is -0.128. The molecule has 0 aliphatic rings. The molecule has 0 aliphatic carbocycles. The summed E-state index contributed by atoms with van der Waals surface area (Å²) in [5.74, 6) is 0.0874. The first-order chi connectivity index (χ1) is 9.16. The van der Waals surface area contributed by atoms with Crippen LogP contribution in [0, 0.1) is 0 Å². The number of para-hydroxylation sites is 1. The van der Waals surface area contributed by atoms with Crippen molar-refractivity contribution in [3.05, 3.63) is 60.1 Å². The molecule has 0 N–H and O–H groups in total. The molecule has 0 aliphatic heterocycles. The quantitative estimate of drug-likeness (QED) is 0.365. The van der Waals surface area contributed by atoms with Crippen LogP contribution in [-0.2, 0) is 4.79 Å². The predicted octanol–water partition coefficient (Wildman–Crippen LogP) is 3.10. The van der Waals surface area contributed by atoms with Crippen molar-refractivity contribution in [3.63, 3.8) is 0 Å². The van der Waals surface area contributed by atoms with Gasteiger partial charge in [-0.3, -0.25) is 4.79 Å². The molecule has 0 atom stereocenters. The van der Waals surface area contributed by atoms with Crippen molar-refractivity contribution in [2.24, 2.45) is 0 Å². The zero-order chi connectivity index (χ0) is 13.7. The van der Waals surface area contributed by atoms with E-state index in [2.05, 4.69) is 0 Å². The molecular weight excluding hydrogens is 244 g/mol. The molecule has 19 heavy (non-hydrogen) atoms. The minimum Gasteiger partial charge on any atom is -0.465 e. The van der Waals surface area contributed by atoms with E-state index >= 15 is 0 Å². The first kappa shape index (κ1) is 12.8. The number of furan rings is 1. The van der Waals surface area contributed by atoms with E-state index in [9.17, 15) is 9.59 Å². The van der Waals surface area contributed by atoms with Gasteiger partial charge in [-0.1, -0.05) is 12.1 Å². The first-order valence-corrected chi connectivity index (χ1v) is 5.70. The summed E-state index contributed by atoms with van der Waals surface area (Å²) < 4.78 is 10.2. The number of carbonyl (C=O) groups excluding carboxylic acids is 2. The normalized spacial score (nSPS) is 10.6. The van der Waals surface area contributed by atoms with Gasteiger partial charge in [-0.25, -0.2) is 4.79 Å². The second kappa shape index (κ2) is 5.82. The maximum Gasteiger partial charge on any atom is 0.336 e. The van der Waals surface area contributed by atoms with Gasteiger partial charge in [-0.2, -0.15) is 0 Å². The zero-order valence-electron chi connectivity index (χ0n) is 10.3. The fourth-order valence-corrected chi connectivity index (χ4v) is 1.53. The molecule has 0 spiro atoms. The van der Waals surface area contributed by atoms with Gasteiger partial charge in [-0.05, 0) is 37.3 Å². The van der Waals surface area contributed by atoms with Crippen molar-refractivity contribution < 1.29 is 18.7 Å². The second-order valence-electron chi connectivity index (χ2n) is 3.82. The SMILES string of the molecule is CC(=O)c1ccccc1OC(=O)/C=C/c1ccco1. The molecule has 0 saturated heterocycles. The molecule has 0 radical (unpaired) electrons. The van der Waals surface area contributed by atoms with Crippen LogP contribution in [0.2, 0.25) is 0 Å². The Hall–Kier alpha value is -2.62. The highest BCUT2D eigenvalue weighted by Gasteiger charge is 2.09. The Bertz CT molecular complexity index is 609. The van der Waals surface area contributed by atoms with Gasteiger partial charge in [0.15, 0.2) is 5.78 Å². The molecule has 4 heteroatoms. The molecule has 0 fully saturated rings. The molecule has 0 bridgehead atoms. The molecule has 0 saturated carbocycles. The van der Waals surface area contributed by atoms with E-state index in [0.29, 0.717) is 11.3 Å². The number of carbonyl (C=O) groups is 2. The fourth-order valence-electron chi connectivity index (χ4n) is 1.53. The molecule has 0 amide bonds. The van der Waals surface area contributed by atoms with Crippen LogP contribution < -0.4 is 4.74 Å². The average molecular weight is 256 g/mol. The Kier molecular flexibility index (Phi) is 3.93. The van der Waals surface area contributed by atoms with E-state index in [1.165, 1.54) is 25.3 Å². The van der Waals surface area contributed by atoms with Gasteiger partial charge < -0.3 is 9.15 Å². The summed E-state index contributed by atoms with van der Waals surface area (Å²) in [6.45, 7) is 1.42. The molecular formula is C15H12O4. The Labute approximate surface area is 110 Å². The lowest BCUT2D eigenvalue weighted by atomic mass is 10.1. The van der Waals surface area contributed by atoms with Gasteiger partial charge in [0.2, 0.25) is 0 Å². The molecule has 1 aromatic carbocycles.